The van der Waals surface area contributed by atoms with Crippen molar-refractivity contribution in [3.8, 4) is 11.5 Å². The van der Waals surface area contributed by atoms with E-state index in [0.717, 1.165) is 37.1 Å². The van der Waals surface area contributed by atoms with Gasteiger partial charge in [-0.1, -0.05) is 6.07 Å². The Kier molecular flexibility index (Phi) is 2.49. The molecule has 1 aliphatic rings. The average molecular weight is 230 g/mol. The van der Waals surface area contributed by atoms with Gasteiger partial charge in [-0.05, 0) is 12.1 Å². The molecule has 1 fully saturated rings. The van der Waals surface area contributed by atoms with E-state index in [9.17, 15) is 0 Å². The van der Waals surface area contributed by atoms with Gasteiger partial charge in [-0.15, -0.1) is 10.2 Å². The molecule has 3 rings (SSSR count). The van der Waals surface area contributed by atoms with E-state index >= 15 is 0 Å². The number of rotatable bonds is 2. The molecule has 88 valence electrons. The number of hydrogen-bond acceptors (Lipinski definition) is 5. The maximum absolute atomic E-state index is 4.62. The van der Waals surface area contributed by atoms with Gasteiger partial charge >= 0.3 is 0 Å². The molecule has 0 aromatic carbocycles. The van der Waals surface area contributed by atoms with Crippen LogP contribution in [0.3, 0.4) is 0 Å². The summed E-state index contributed by atoms with van der Waals surface area (Å²) in [6.07, 6.45) is 1.68. The number of nitrogens with zero attached hydrogens (tertiary/aromatic N) is 5. The highest BCUT2D eigenvalue weighted by Gasteiger charge is 2.14. The fourth-order valence-electron chi connectivity index (χ4n) is 1.94. The Morgan fingerprint density at radius 1 is 1.35 bits per heavy atom. The van der Waals surface area contributed by atoms with Gasteiger partial charge in [-0.3, -0.25) is 5.32 Å². The number of anilines is 1. The zero-order chi connectivity index (χ0) is 11.7. The molecule has 2 aromatic rings. The van der Waals surface area contributed by atoms with E-state index in [2.05, 4.69) is 25.4 Å². The van der Waals surface area contributed by atoms with Crippen molar-refractivity contribution in [3.63, 3.8) is 0 Å². The van der Waals surface area contributed by atoms with Gasteiger partial charge in [0.15, 0.2) is 5.82 Å². The second kappa shape index (κ2) is 4.14. The number of aryl methyl sites for hydroxylation is 1. The molecule has 0 bridgehead atoms. The monoisotopic (exact) mass is 230 g/mol. The van der Waals surface area contributed by atoms with Crippen molar-refractivity contribution in [1.29, 1.82) is 0 Å². The molecule has 0 unspecified atom stereocenters. The summed E-state index contributed by atoms with van der Waals surface area (Å²) in [6, 6.07) is 5.98. The number of hydrogen-bond donors (Lipinski definition) is 1. The molecular weight excluding hydrogens is 216 g/mol. The third-order valence-corrected chi connectivity index (χ3v) is 2.86. The molecule has 1 N–H and O–H groups in total. The lowest BCUT2D eigenvalue weighted by Gasteiger charge is -2.15. The van der Waals surface area contributed by atoms with Gasteiger partial charge in [0, 0.05) is 20.1 Å². The standard InChI is InChI=1S/C11H14N6/c1-16-8-13-15-11(16)9-3-2-4-10(14-9)17-6-5-12-7-17/h2-4,8,12H,5-7H2,1H3. The molecule has 2 aromatic heterocycles. The Labute approximate surface area is 99.3 Å². The summed E-state index contributed by atoms with van der Waals surface area (Å²) in [6.45, 7) is 2.86. The molecule has 1 saturated heterocycles. The lowest BCUT2D eigenvalue weighted by molar-refractivity contribution is 0.848. The summed E-state index contributed by atoms with van der Waals surface area (Å²) in [5.74, 6) is 1.77. The SMILES string of the molecule is Cn1cnnc1-c1cccc(N2CCNC2)n1. The maximum atomic E-state index is 4.62. The first-order valence-corrected chi connectivity index (χ1v) is 5.62. The minimum absolute atomic E-state index is 0.791. The molecule has 0 aliphatic carbocycles. The van der Waals surface area contributed by atoms with Crippen molar-refractivity contribution in [2.24, 2.45) is 7.05 Å². The van der Waals surface area contributed by atoms with E-state index in [1.165, 1.54) is 0 Å². The van der Waals surface area contributed by atoms with Gasteiger partial charge in [-0.2, -0.15) is 0 Å². The minimum Gasteiger partial charge on any atom is -0.343 e. The van der Waals surface area contributed by atoms with Crippen LogP contribution in [0.1, 0.15) is 0 Å². The summed E-state index contributed by atoms with van der Waals surface area (Å²) < 4.78 is 1.87. The van der Waals surface area contributed by atoms with Crippen molar-refractivity contribution in [2.75, 3.05) is 24.7 Å². The highest BCUT2D eigenvalue weighted by Crippen LogP contribution is 2.18. The molecule has 0 radical (unpaired) electrons. The summed E-state index contributed by atoms with van der Waals surface area (Å²) in [5, 5.41) is 11.2. The van der Waals surface area contributed by atoms with Crippen molar-refractivity contribution in [3.05, 3.63) is 24.5 Å². The van der Waals surface area contributed by atoms with Gasteiger partial charge in [0.05, 0.1) is 6.67 Å². The molecular formula is C11H14N6. The number of aromatic nitrogens is 4. The van der Waals surface area contributed by atoms with E-state index in [1.54, 1.807) is 6.33 Å². The first-order chi connectivity index (χ1) is 8.34. The maximum Gasteiger partial charge on any atom is 0.182 e. The van der Waals surface area contributed by atoms with Crippen LogP contribution in [-0.2, 0) is 7.05 Å². The van der Waals surface area contributed by atoms with Crippen molar-refractivity contribution < 1.29 is 0 Å². The van der Waals surface area contributed by atoms with E-state index in [-0.39, 0.29) is 0 Å². The van der Waals surface area contributed by atoms with E-state index in [4.69, 9.17) is 0 Å². The van der Waals surface area contributed by atoms with Crippen molar-refractivity contribution >= 4 is 5.82 Å². The molecule has 0 saturated carbocycles. The topological polar surface area (TPSA) is 58.9 Å². The second-order valence-corrected chi connectivity index (χ2v) is 4.07. The lowest BCUT2D eigenvalue weighted by Crippen LogP contribution is -2.22. The third-order valence-electron chi connectivity index (χ3n) is 2.86. The van der Waals surface area contributed by atoms with Crippen LogP contribution in [0.2, 0.25) is 0 Å². The van der Waals surface area contributed by atoms with Gasteiger partial charge in [0.1, 0.15) is 17.8 Å². The number of pyridine rings is 1. The minimum atomic E-state index is 0.791. The van der Waals surface area contributed by atoms with Gasteiger partial charge in [0.2, 0.25) is 0 Å². The van der Waals surface area contributed by atoms with Crippen molar-refractivity contribution in [1.82, 2.24) is 25.1 Å². The molecule has 17 heavy (non-hydrogen) atoms. The number of nitrogens with one attached hydrogen (secondary N) is 1. The highest BCUT2D eigenvalue weighted by molar-refractivity contribution is 5.54. The average Bonchev–Trinajstić information content (AvgIpc) is 2.99. The van der Waals surface area contributed by atoms with Crippen LogP contribution in [0.15, 0.2) is 24.5 Å². The molecule has 6 nitrogen and oxygen atoms in total. The molecule has 6 heteroatoms. The largest absolute Gasteiger partial charge is 0.343 e. The Balaban J connectivity index is 1.96. The Morgan fingerprint density at radius 3 is 3.00 bits per heavy atom. The molecule has 0 amide bonds. The van der Waals surface area contributed by atoms with Gasteiger partial charge < -0.3 is 9.47 Å². The van der Waals surface area contributed by atoms with Crippen LogP contribution in [-0.4, -0.2) is 39.5 Å². The van der Waals surface area contributed by atoms with Crippen LogP contribution in [0.4, 0.5) is 5.82 Å². The molecule has 1 aliphatic heterocycles. The summed E-state index contributed by atoms with van der Waals surface area (Å²) in [5.41, 5.74) is 0.856. The van der Waals surface area contributed by atoms with E-state index in [0.29, 0.717) is 0 Å². The molecule has 0 spiro atoms. The first kappa shape index (κ1) is 10.2. The summed E-state index contributed by atoms with van der Waals surface area (Å²) >= 11 is 0. The normalized spacial score (nSPS) is 15.5. The predicted molar refractivity (Wildman–Crippen MR) is 64.4 cm³/mol. The van der Waals surface area contributed by atoms with Gasteiger partial charge in [0.25, 0.3) is 0 Å². The van der Waals surface area contributed by atoms with Crippen LogP contribution in [0, 0.1) is 0 Å². The summed E-state index contributed by atoms with van der Waals surface area (Å²) in [4.78, 5) is 6.83. The van der Waals surface area contributed by atoms with Crippen LogP contribution >= 0.6 is 0 Å². The quantitative estimate of drug-likeness (QED) is 0.801. The molecule has 3 heterocycles. The Bertz CT molecular complexity index is 514. The zero-order valence-electron chi connectivity index (χ0n) is 9.67. The fraction of sp³-hybridized carbons (Fsp3) is 0.364. The predicted octanol–water partition coefficient (Wildman–Crippen LogP) is 0.244. The van der Waals surface area contributed by atoms with Crippen LogP contribution < -0.4 is 10.2 Å². The van der Waals surface area contributed by atoms with Crippen molar-refractivity contribution in [2.45, 2.75) is 0 Å². The zero-order valence-corrected chi connectivity index (χ0v) is 9.67. The highest BCUT2D eigenvalue weighted by atomic mass is 15.3. The fourth-order valence-corrected chi connectivity index (χ4v) is 1.94. The lowest BCUT2D eigenvalue weighted by atomic mass is 10.3. The van der Waals surface area contributed by atoms with E-state index in [1.807, 2.05) is 29.8 Å². The van der Waals surface area contributed by atoms with Crippen LogP contribution in [0.5, 0.6) is 0 Å². The Morgan fingerprint density at radius 2 is 2.29 bits per heavy atom. The van der Waals surface area contributed by atoms with Crippen LogP contribution in [0.25, 0.3) is 11.5 Å². The molecule has 0 atom stereocenters. The van der Waals surface area contributed by atoms with Gasteiger partial charge in [-0.25, -0.2) is 4.98 Å². The third kappa shape index (κ3) is 1.87. The first-order valence-electron chi connectivity index (χ1n) is 5.62. The summed E-state index contributed by atoms with van der Waals surface area (Å²) in [7, 11) is 1.92. The van der Waals surface area contributed by atoms with E-state index < -0.39 is 0 Å². The Hall–Kier alpha value is -1.95. The smallest absolute Gasteiger partial charge is 0.182 e. The second-order valence-electron chi connectivity index (χ2n) is 4.07.